The molecule has 1 N–H and O–H groups in total. The van der Waals surface area contributed by atoms with Crippen LogP contribution in [0.3, 0.4) is 0 Å². The van der Waals surface area contributed by atoms with E-state index in [0.717, 1.165) is 63.2 Å². The van der Waals surface area contributed by atoms with Gasteiger partial charge in [0.15, 0.2) is 0 Å². The summed E-state index contributed by atoms with van der Waals surface area (Å²) in [6.07, 6.45) is 2.11. The number of benzene rings is 2. The summed E-state index contributed by atoms with van der Waals surface area (Å²) in [7, 11) is 0. The average Bonchev–Trinajstić information content (AvgIpc) is 3.23. The van der Waals surface area contributed by atoms with Gasteiger partial charge in [0.1, 0.15) is 5.00 Å². The quantitative estimate of drug-likeness (QED) is 0.519. The molecule has 2 aromatic carbocycles. The minimum Gasteiger partial charge on any atom is -0.359 e. The number of fused-ring (bicyclic) bond motifs is 1. The standard InChI is InChI=1S/C26H34N4OS/c1-26(2,3)21-12-10-20(11-13-21)24(31)27-14-6-7-15-29-16-18-30(19-17-29)25-22-8-4-5-9-23(22)28-32-25/h4-5,8-13H,6-7,14-19H2,1-3H3,(H,27,31). The number of piperazine rings is 1. The van der Waals surface area contributed by atoms with E-state index in [0.29, 0.717) is 0 Å². The second-order valence-electron chi connectivity index (χ2n) is 9.62. The van der Waals surface area contributed by atoms with Gasteiger partial charge in [-0.1, -0.05) is 45.0 Å². The highest BCUT2D eigenvalue weighted by Gasteiger charge is 2.20. The van der Waals surface area contributed by atoms with Crippen LogP contribution in [0.5, 0.6) is 0 Å². The molecule has 0 radical (unpaired) electrons. The van der Waals surface area contributed by atoms with Crippen molar-refractivity contribution < 1.29 is 4.79 Å². The summed E-state index contributed by atoms with van der Waals surface area (Å²) >= 11 is 1.61. The lowest BCUT2D eigenvalue weighted by atomic mass is 9.87. The van der Waals surface area contributed by atoms with Gasteiger partial charge in [0.25, 0.3) is 5.91 Å². The van der Waals surface area contributed by atoms with Crippen LogP contribution in [0.4, 0.5) is 5.00 Å². The SMILES string of the molecule is CC(C)(C)c1ccc(C(=O)NCCCCN2CCN(c3snc4ccccc34)CC2)cc1. The number of nitrogens with one attached hydrogen (secondary N) is 1. The zero-order valence-electron chi connectivity index (χ0n) is 19.4. The number of aromatic nitrogens is 1. The van der Waals surface area contributed by atoms with Gasteiger partial charge < -0.3 is 10.2 Å². The fourth-order valence-electron chi connectivity index (χ4n) is 4.16. The van der Waals surface area contributed by atoms with Crippen LogP contribution >= 0.6 is 11.5 Å². The van der Waals surface area contributed by atoms with E-state index in [2.05, 4.69) is 76.7 Å². The summed E-state index contributed by atoms with van der Waals surface area (Å²) in [4.78, 5) is 17.4. The number of hydrogen-bond acceptors (Lipinski definition) is 5. The molecule has 0 atom stereocenters. The number of carbonyl (C=O) groups is 1. The van der Waals surface area contributed by atoms with Crippen LogP contribution in [0, 0.1) is 0 Å². The molecule has 1 aliphatic rings. The molecule has 32 heavy (non-hydrogen) atoms. The fraction of sp³-hybridized carbons (Fsp3) is 0.462. The lowest BCUT2D eigenvalue weighted by Crippen LogP contribution is -2.46. The summed E-state index contributed by atoms with van der Waals surface area (Å²) in [5.41, 5.74) is 3.19. The maximum atomic E-state index is 12.4. The Hall–Kier alpha value is -2.44. The van der Waals surface area contributed by atoms with Crippen LogP contribution in [-0.2, 0) is 5.41 Å². The Bertz CT molecular complexity index is 1030. The van der Waals surface area contributed by atoms with Crippen molar-refractivity contribution in [2.45, 2.75) is 39.0 Å². The molecular formula is C26H34N4OS. The van der Waals surface area contributed by atoms with E-state index < -0.39 is 0 Å². The van der Waals surface area contributed by atoms with Gasteiger partial charge >= 0.3 is 0 Å². The first-order valence-electron chi connectivity index (χ1n) is 11.6. The van der Waals surface area contributed by atoms with Gasteiger partial charge in [0.05, 0.1) is 5.52 Å². The topological polar surface area (TPSA) is 48.5 Å². The van der Waals surface area contributed by atoms with Crippen molar-refractivity contribution >= 4 is 33.3 Å². The summed E-state index contributed by atoms with van der Waals surface area (Å²) in [6.45, 7) is 12.6. The fourth-order valence-corrected chi connectivity index (χ4v) is 5.08. The zero-order valence-corrected chi connectivity index (χ0v) is 20.3. The molecular weight excluding hydrogens is 416 g/mol. The molecule has 0 unspecified atom stereocenters. The van der Waals surface area contributed by atoms with Crippen molar-refractivity contribution in [1.29, 1.82) is 0 Å². The number of hydrogen-bond donors (Lipinski definition) is 1. The second kappa shape index (κ2) is 10.0. The molecule has 0 aliphatic carbocycles. The molecule has 1 saturated heterocycles. The van der Waals surface area contributed by atoms with Crippen molar-refractivity contribution in [2.24, 2.45) is 0 Å². The number of carbonyl (C=O) groups excluding carboxylic acids is 1. The Labute approximate surface area is 195 Å². The maximum absolute atomic E-state index is 12.4. The molecule has 3 aromatic rings. The van der Waals surface area contributed by atoms with Crippen molar-refractivity contribution in [3.05, 3.63) is 59.7 Å². The number of amides is 1. The van der Waals surface area contributed by atoms with Gasteiger partial charge in [-0.15, -0.1) is 0 Å². The molecule has 170 valence electrons. The first kappa shape index (κ1) is 22.7. The third-order valence-corrected chi connectivity index (χ3v) is 7.16. The van der Waals surface area contributed by atoms with Crippen LogP contribution in [-0.4, -0.2) is 54.4 Å². The molecule has 0 spiro atoms. The van der Waals surface area contributed by atoms with Gasteiger partial charge in [0, 0.05) is 43.7 Å². The predicted octanol–water partition coefficient (Wildman–Crippen LogP) is 4.93. The number of nitrogens with zero attached hydrogens (tertiary/aromatic N) is 3. The highest BCUT2D eigenvalue weighted by Crippen LogP contribution is 2.31. The van der Waals surface area contributed by atoms with Crippen molar-refractivity contribution in [3.63, 3.8) is 0 Å². The van der Waals surface area contributed by atoms with E-state index in [9.17, 15) is 4.79 Å². The lowest BCUT2D eigenvalue weighted by Gasteiger charge is -2.35. The number of anilines is 1. The van der Waals surface area contributed by atoms with Gasteiger partial charge in [0.2, 0.25) is 0 Å². The zero-order chi connectivity index (χ0) is 22.6. The Kier molecular flexibility index (Phi) is 7.11. The van der Waals surface area contributed by atoms with E-state index >= 15 is 0 Å². The van der Waals surface area contributed by atoms with Crippen molar-refractivity contribution in [2.75, 3.05) is 44.2 Å². The molecule has 1 aliphatic heterocycles. The van der Waals surface area contributed by atoms with Crippen LogP contribution in [0.25, 0.3) is 10.9 Å². The molecule has 0 saturated carbocycles. The third-order valence-electron chi connectivity index (χ3n) is 6.22. The van der Waals surface area contributed by atoms with Crippen LogP contribution < -0.4 is 10.2 Å². The maximum Gasteiger partial charge on any atom is 0.251 e. The lowest BCUT2D eigenvalue weighted by molar-refractivity contribution is 0.0952. The Morgan fingerprint density at radius 3 is 2.44 bits per heavy atom. The Balaban J connectivity index is 1.14. The van der Waals surface area contributed by atoms with Gasteiger partial charge in [-0.05, 0) is 66.2 Å². The van der Waals surface area contributed by atoms with Gasteiger partial charge in [-0.2, -0.15) is 4.37 Å². The van der Waals surface area contributed by atoms with Crippen LogP contribution in [0.1, 0.15) is 49.5 Å². The molecule has 2 heterocycles. The highest BCUT2D eigenvalue weighted by atomic mass is 32.1. The largest absolute Gasteiger partial charge is 0.359 e. The minimum atomic E-state index is 0.0239. The number of unbranched alkanes of at least 4 members (excludes halogenated alkanes) is 1. The molecule has 0 bridgehead atoms. The molecule has 1 amide bonds. The second-order valence-corrected chi connectivity index (χ2v) is 10.4. The molecule has 5 nitrogen and oxygen atoms in total. The minimum absolute atomic E-state index is 0.0239. The molecule has 4 rings (SSSR count). The summed E-state index contributed by atoms with van der Waals surface area (Å²) < 4.78 is 4.59. The van der Waals surface area contributed by atoms with Gasteiger partial charge in [-0.3, -0.25) is 9.69 Å². The first-order valence-corrected chi connectivity index (χ1v) is 12.4. The molecule has 1 aromatic heterocycles. The summed E-state index contributed by atoms with van der Waals surface area (Å²) in [5.74, 6) is 0.0239. The normalized spacial score (nSPS) is 15.3. The average molecular weight is 451 g/mol. The number of rotatable bonds is 7. The van der Waals surface area contributed by atoms with E-state index in [1.807, 2.05) is 12.1 Å². The van der Waals surface area contributed by atoms with Gasteiger partial charge in [-0.25, -0.2) is 0 Å². The smallest absolute Gasteiger partial charge is 0.251 e. The first-order chi connectivity index (χ1) is 15.4. The third kappa shape index (κ3) is 5.48. The van der Waals surface area contributed by atoms with E-state index in [1.54, 1.807) is 11.5 Å². The monoisotopic (exact) mass is 450 g/mol. The Morgan fingerprint density at radius 2 is 1.72 bits per heavy atom. The molecule has 6 heteroatoms. The summed E-state index contributed by atoms with van der Waals surface area (Å²) in [5, 5.41) is 5.64. The van der Waals surface area contributed by atoms with Crippen LogP contribution in [0.15, 0.2) is 48.5 Å². The van der Waals surface area contributed by atoms with E-state index in [-0.39, 0.29) is 11.3 Å². The van der Waals surface area contributed by atoms with E-state index in [4.69, 9.17) is 0 Å². The Morgan fingerprint density at radius 1 is 1.00 bits per heavy atom. The predicted molar refractivity (Wildman–Crippen MR) is 135 cm³/mol. The van der Waals surface area contributed by atoms with Crippen LogP contribution in [0.2, 0.25) is 0 Å². The van der Waals surface area contributed by atoms with E-state index in [1.165, 1.54) is 16.0 Å². The molecule has 1 fully saturated rings. The summed E-state index contributed by atoms with van der Waals surface area (Å²) in [6, 6.07) is 16.4. The van der Waals surface area contributed by atoms with Crippen molar-refractivity contribution in [3.8, 4) is 0 Å². The highest BCUT2D eigenvalue weighted by molar-refractivity contribution is 7.11. The van der Waals surface area contributed by atoms with Crippen molar-refractivity contribution in [1.82, 2.24) is 14.6 Å².